The van der Waals surface area contributed by atoms with E-state index in [1.54, 1.807) is 23.5 Å². The minimum absolute atomic E-state index is 0.0620. The van der Waals surface area contributed by atoms with Gasteiger partial charge >= 0.3 is 0 Å². The Bertz CT molecular complexity index is 751. The van der Waals surface area contributed by atoms with Crippen molar-refractivity contribution in [3.05, 3.63) is 57.8 Å². The Hall–Kier alpha value is -2.47. The highest BCUT2D eigenvalue weighted by Crippen LogP contribution is 2.17. The highest BCUT2D eigenvalue weighted by atomic mass is 32.1. The lowest BCUT2D eigenvalue weighted by molar-refractivity contribution is -0.121. The minimum Gasteiger partial charge on any atom is -0.352 e. The van der Waals surface area contributed by atoms with Gasteiger partial charge in [-0.3, -0.25) is 9.59 Å². The zero-order valence-corrected chi connectivity index (χ0v) is 14.2. The lowest BCUT2D eigenvalue weighted by Gasteiger charge is -2.19. The van der Waals surface area contributed by atoms with Crippen LogP contribution in [-0.4, -0.2) is 24.1 Å². The summed E-state index contributed by atoms with van der Waals surface area (Å²) in [7, 11) is 0. The van der Waals surface area contributed by atoms with Crippen LogP contribution in [0.3, 0.4) is 0 Å². The molecule has 2 amide bonds. The van der Waals surface area contributed by atoms with E-state index in [-0.39, 0.29) is 17.7 Å². The molecule has 0 radical (unpaired) electrons. The molecule has 0 saturated heterocycles. The van der Waals surface area contributed by atoms with Crippen molar-refractivity contribution >= 4 is 28.9 Å². The van der Waals surface area contributed by atoms with Crippen molar-refractivity contribution in [2.75, 3.05) is 6.54 Å². The number of benzene rings is 1. The van der Waals surface area contributed by atoms with Crippen LogP contribution in [0.5, 0.6) is 0 Å². The van der Waals surface area contributed by atoms with Crippen LogP contribution in [-0.2, 0) is 11.2 Å². The number of hydrogen-bond acceptors (Lipinski definition) is 4. The summed E-state index contributed by atoms with van der Waals surface area (Å²) in [6.07, 6.45) is 1.28. The van der Waals surface area contributed by atoms with E-state index in [9.17, 15) is 9.59 Å². The van der Waals surface area contributed by atoms with Gasteiger partial charge in [0.15, 0.2) is 0 Å². The Morgan fingerprint density at radius 3 is 2.79 bits per heavy atom. The maximum Gasteiger partial charge on any atom is 0.251 e. The predicted molar refractivity (Wildman–Crippen MR) is 95.3 cm³/mol. The fourth-order valence-electron chi connectivity index (χ4n) is 2.65. The van der Waals surface area contributed by atoms with Crippen molar-refractivity contribution in [2.24, 2.45) is 11.0 Å². The third kappa shape index (κ3) is 3.89. The summed E-state index contributed by atoms with van der Waals surface area (Å²) in [5, 5.41) is 9.10. The predicted octanol–water partition coefficient (Wildman–Crippen LogP) is 2.58. The molecule has 2 N–H and O–H groups in total. The fourth-order valence-corrected chi connectivity index (χ4v) is 3.36. The molecule has 1 aromatic carbocycles. The van der Waals surface area contributed by atoms with Gasteiger partial charge in [0.2, 0.25) is 5.91 Å². The normalized spacial score (nSPS) is 17.1. The molecule has 1 unspecified atom stereocenters. The maximum atomic E-state index is 12.2. The third-order valence-electron chi connectivity index (χ3n) is 3.94. The van der Waals surface area contributed by atoms with Crippen LogP contribution in [0.1, 0.15) is 34.1 Å². The van der Waals surface area contributed by atoms with Crippen molar-refractivity contribution in [1.29, 1.82) is 0 Å². The van der Waals surface area contributed by atoms with Gasteiger partial charge in [0.25, 0.3) is 5.91 Å². The van der Waals surface area contributed by atoms with E-state index in [0.717, 1.165) is 17.7 Å². The van der Waals surface area contributed by atoms with Crippen LogP contribution < -0.4 is 10.7 Å². The number of nitrogens with one attached hydrogen (secondary N) is 2. The van der Waals surface area contributed by atoms with E-state index in [1.165, 1.54) is 4.88 Å². The average Bonchev–Trinajstić information content (AvgIpc) is 3.08. The summed E-state index contributed by atoms with van der Waals surface area (Å²) < 4.78 is 0. The Morgan fingerprint density at radius 1 is 1.33 bits per heavy atom. The van der Waals surface area contributed by atoms with Crippen LogP contribution >= 0.6 is 11.3 Å². The van der Waals surface area contributed by atoms with Gasteiger partial charge in [0.05, 0.1) is 5.71 Å². The molecule has 6 heteroatoms. The van der Waals surface area contributed by atoms with Crippen molar-refractivity contribution in [3.8, 4) is 0 Å². The number of nitrogens with zero attached hydrogens (tertiary/aromatic N) is 1. The van der Waals surface area contributed by atoms with E-state index >= 15 is 0 Å². The first-order valence-electron chi connectivity index (χ1n) is 7.91. The molecule has 0 saturated carbocycles. The summed E-state index contributed by atoms with van der Waals surface area (Å²) in [6, 6.07) is 11.4. The molecular formula is C18H19N3O2S. The maximum absolute atomic E-state index is 12.2. The molecule has 3 rings (SSSR count). The van der Waals surface area contributed by atoms with Crippen LogP contribution in [0, 0.1) is 5.92 Å². The SMILES string of the molecule is CC1CC(=O)NN=C1c1ccc(C(=O)NCCc2cccs2)cc1. The molecule has 0 spiro atoms. The lowest BCUT2D eigenvalue weighted by Crippen LogP contribution is -2.32. The molecule has 1 aromatic heterocycles. The quantitative estimate of drug-likeness (QED) is 0.877. The molecule has 2 aromatic rings. The van der Waals surface area contributed by atoms with Gasteiger partial charge in [-0.05, 0) is 35.6 Å². The van der Waals surface area contributed by atoms with Crippen molar-refractivity contribution in [1.82, 2.24) is 10.7 Å². The number of hydrogen-bond donors (Lipinski definition) is 2. The first-order chi connectivity index (χ1) is 11.6. The molecule has 24 heavy (non-hydrogen) atoms. The van der Waals surface area contributed by atoms with Crippen molar-refractivity contribution < 1.29 is 9.59 Å². The van der Waals surface area contributed by atoms with Crippen molar-refractivity contribution in [3.63, 3.8) is 0 Å². The van der Waals surface area contributed by atoms with Gasteiger partial charge in [-0.2, -0.15) is 5.10 Å². The second-order valence-corrected chi connectivity index (χ2v) is 6.83. The summed E-state index contributed by atoms with van der Waals surface area (Å²) in [6.45, 7) is 2.60. The Morgan fingerprint density at radius 2 is 2.12 bits per heavy atom. The van der Waals surface area contributed by atoms with Gasteiger partial charge in [-0.25, -0.2) is 5.43 Å². The minimum atomic E-state index is -0.0787. The van der Waals surface area contributed by atoms with Gasteiger partial charge < -0.3 is 5.32 Å². The van der Waals surface area contributed by atoms with E-state index in [2.05, 4.69) is 21.9 Å². The zero-order chi connectivity index (χ0) is 16.9. The summed E-state index contributed by atoms with van der Waals surface area (Å²) in [5.74, 6) is -0.0674. The standard InChI is InChI=1S/C18H19N3O2S/c1-12-11-16(22)20-21-17(12)13-4-6-14(7-5-13)18(23)19-9-8-15-3-2-10-24-15/h2-7,10,12H,8-9,11H2,1H3,(H,19,23)(H,20,22). The van der Waals surface area contributed by atoms with Gasteiger partial charge in [-0.15, -0.1) is 11.3 Å². The number of hydrazone groups is 1. The Balaban J connectivity index is 1.59. The third-order valence-corrected chi connectivity index (χ3v) is 4.88. The Kier molecular flexibility index (Phi) is 5.05. The van der Waals surface area contributed by atoms with Gasteiger partial charge in [0, 0.05) is 29.3 Å². The summed E-state index contributed by atoms with van der Waals surface area (Å²) in [5.41, 5.74) is 4.91. The highest BCUT2D eigenvalue weighted by Gasteiger charge is 2.21. The molecule has 1 aliphatic heterocycles. The summed E-state index contributed by atoms with van der Waals surface area (Å²) in [4.78, 5) is 24.7. The first-order valence-corrected chi connectivity index (χ1v) is 8.79. The largest absolute Gasteiger partial charge is 0.352 e. The van der Waals surface area contributed by atoms with E-state index in [0.29, 0.717) is 18.5 Å². The van der Waals surface area contributed by atoms with Gasteiger partial charge in [-0.1, -0.05) is 25.1 Å². The lowest BCUT2D eigenvalue weighted by atomic mass is 9.93. The zero-order valence-electron chi connectivity index (χ0n) is 13.4. The molecule has 124 valence electrons. The van der Waals surface area contributed by atoms with Crippen molar-refractivity contribution in [2.45, 2.75) is 19.8 Å². The highest BCUT2D eigenvalue weighted by molar-refractivity contribution is 7.09. The molecule has 0 bridgehead atoms. The Labute approximate surface area is 144 Å². The number of carbonyl (C=O) groups is 2. The number of amides is 2. The number of rotatable bonds is 5. The monoisotopic (exact) mass is 341 g/mol. The van der Waals surface area contributed by atoms with Crippen LogP contribution in [0.25, 0.3) is 0 Å². The second kappa shape index (κ2) is 7.40. The van der Waals surface area contributed by atoms with Crippen LogP contribution in [0.2, 0.25) is 0 Å². The number of carbonyl (C=O) groups excluding carboxylic acids is 2. The smallest absolute Gasteiger partial charge is 0.251 e. The summed E-state index contributed by atoms with van der Waals surface area (Å²) >= 11 is 1.69. The molecule has 5 nitrogen and oxygen atoms in total. The number of thiophene rings is 1. The molecule has 0 aliphatic carbocycles. The molecule has 1 aliphatic rings. The van der Waals surface area contributed by atoms with E-state index in [4.69, 9.17) is 0 Å². The topological polar surface area (TPSA) is 70.6 Å². The van der Waals surface area contributed by atoms with Gasteiger partial charge in [0.1, 0.15) is 0 Å². The molecule has 1 atom stereocenters. The molecule has 0 fully saturated rings. The first kappa shape index (κ1) is 16.4. The average molecular weight is 341 g/mol. The molecular weight excluding hydrogens is 322 g/mol. The second-order valence-electron chi connectivity index (χ2n) is 5.80. The van der Waals surface area contributed by atoms with Crippen LogP contribution in [0.4, 0.5) is 0 Å². The van der Waals surface area contributed by atoms with E-state index in [1.807, 2.05) is 30.5 Å². The van der Waals surface area contributed by atoms with E-state index < -0.39 is 0 Å². The fraction of sp³-hybridized carbons (Fsp3) is 0.278. The van der Waals surface area contributed by atoms with Crippen LogP contribution in [0.15, 0.2) is 46.9 Å². The molecule has 2 heterocycles.